The Balaban J connectivity index is 1.85. The van der Waals surface area contributed by atoms with Crippen LogP contribution in [0.5, 0.6) is 0 Å². The highest BCUT2D eigenvalue weighted by molar-refractivity contribution is 6.09. The lowest BCUT2D eigenvalue weighted by Crippen LogP contribution is -2.24. The number of para-hydroxylation sites is 1. The van der Waals surface area contributed by atoms with Gasteiger partial charge in [0.2, 0.25) is 0 Å². The summed E-state index contributed by atoms with van der Waals surface area (Å²) >= 11 is 0. The maximum atomic E-state index is 13.1. The number of pyridine rings is 1. The zero-order valence-electron chi connectivity index (χ0n) is 15.1. The number of hydrogen-bond donors (Lipinski definition) is 1. The molecule has 4 aromatic rings. The van der Waals surface area contributed by atoms with Crippen molar-refractivity contribution >= 4 is 16.8 Å². The van der Waals surface area contributed by atoms with Crippen LogP contribution in [0, 0.1) is 0 Å². The number of rotatable bonds is 5. The molecule has 0 saturated heterocycles. The van der Waals surface area contributed by atoms with Gasteiger partial charge in [0, 0.05) is 10.9 Å². The Labute approximate surface area is 157 Å². The zero-order valence-corrected chi connectivity index (χ0v) is 15.1. The molecule has 0 aliphatic rings. The first-order valence-corrected chi connectivity index (χ1v) is 9.05. The Morgan fingerprint density at radius 1 is 1.00 bits per heavy atom. The van der Waals surface area contributed by atoms with E-state index in [9.17, 15) is 4.79 Å². The summed E-state index contributed by atoms with van der Waals surface area (Å²) in [6.45, 7) is 2.41. The largest absolute Gasteiger partial charge is 0.467 e. The summed E-state index contributed by atoms with van der Waals surface area (Å²) in [6.07, 6.45) is 2.32. The normalized spacial score (nSPS) is 10.9. The molecule has 27 heavy (non-hydrogen) atoms. The van der Waals surface area contributed by atoms with Crippen LogP contribution in [0.25, 0.3) is 22.2 Å². The number of amides is 1. The second-order valence-corrected chi connectivity index (χ2v) is 6.31. The summed E-state index contributed by atoms with van der Waals surface area (Å²) in [5, 5.41) is 3.85. The molecule has 2 heterocycles. The van der Waals surface area contributed by atoms with Crippen molar-refractivity contribution in [2.24, 2.45) is 0 Å². The molecule has 0 fully saturated rings. The number of carbonyl (C=O) groups excluding carboxylic acids is 1. The van der Waals surface area contributed by atoms with Gasteiger partial charge in [-0.05, 0) is 30.2 Å². The fraction of sp³-hybridized carbons (Fsp3) is 0.130. The minimum absolute atomic E-state index is 0.112. The summed E-state index contributed by atoms with van der Waals surface area (Å²) in [6, 6.07) is 21.5. The lowest BCUT2D eigenvalue weighted by atomic mass is 9.94. The summed E-state index contributed by atoms with van der Waals surface area (Å²) in [5.74, 6) is 0.613. The van der Waals surface area contributed by atoms with Crippen molar-refractivity contribution in [3.8, 4) is 11.3 Å². The minimum Gasteiger partial charge on any atom is -0.467 e. The average Bonchev–Trinajstić information content (AvgIpc) is 3.25. The molecule has 4 heteroatoms. The van der Waals surface area contributed by atoms with E-state index >= 15 is 0 Å². The van der Waals surface area contributed by atoms with Gasteiger partial charge in [-0.1, -0.05) is 55.5 Å². The van der Waals surface area contributed by atoms with E-state index in [1.54, 1.807) is 6.26 Å². The topological polar surface area (TPSA) is 55.1 Å². The maximum Gasteiger partial charge on any atom is 0.252 e. The van der Waals surface area contributed by atoms with E-state index in [0.29, 0.717) is 18.5 Å². The van der Waals surface area contributed by atoms with Gasteiger partial charge >= 0.3 is 0 Å². The molecule has 0 bridgehead atoms. The fourth-order valence-corrected chi connectivity index (χ4v) is 3.36. The molecule has 0 spiro atoms. The fourth-order valence-electron chi connectivity index (χ4n) is 3.36. The molecule has 0 unspecified atom stereocenters. The highest BCUT2D eigenvalue weighted by Crippen LogP contribution is 2.30. The molecule has 1 N–H and O–H groups in total. The monoisotopic (exact) mass is 356 g/mol. The molecule has 4 rings (SSSR count). The third kappa shape index (κ3) is 3.34. The quantitative estimate of drug-likeness (QED) is 0.548. The standard InChI is InChI=1S/C23H20N2O2/c1-2-18-21(23(26)24-15-17-11-8-14-27-17)19-12-6-7-13-20(19)25-22(18)16-9-4-3-5-10-16/h3-14H,2,15H2,1H3,(H,24,26). The molecule has 134 valence electrons. The lowest BCUT2D eigenvalue weighted by molar-refractivity contribution is 0.0949. The van der Waals surface area contributed by atoms with E-state index < -0.39 is 0 Å². The summed E-state index contributed by atoms with van der Waals surface area (Å²) in [7, 11) is 0. The Morgan fingerprint density at radius 2 is 1.78 bits per heavy atom. The molecule has 4 nitrogen and oxygen atoms in total. The highest BCUT2D eigenvalue weighted by Gasteiger charge is 2.20. The van der Waals surface area contributed by atoms with Crippen molar-refractivity contribution in [2.45, 2.75) is 19.9 Å². The van der Waals surface area contributed by atoms with Crippen LogP contribution in [-0.2, 0) is 13.0 Å². The summed E-state index contributed by atoms with van der Waals surface area (Å²) in [5.41, 5.74) is 4.34. The van der Waals surface area contributed by atoms with Gasteiger partial charge in [0.1, 0.15) is 5.76 Å². The second kappa shape index (κ2) is 7.46. The lowest BCUT2D eigenvalue weighted by Gasteiger charge is -2.16. The van der Waals surface area contributed by atoms with E-state index in [2.05, 4.69) is 12.2 Å². The van der Waals surface area contributed by atoms with Gasteiger partial charge in [0.15, 0.2) is 0 Å². The number of nitrogens with one attached hydrogen (secondary N) is 1. The molecular formula is C23H20N2O2. The predicted octanol–water partition coefficient (Wildman–Crippen LogP) is 4.99. The van der Waals surface area contributed by atoms with E-state index in [-0.39, 0.29) is 5.91 Å². The molecule has 0 saturated carbocycles. The number of furan rings is 1. The SMILES string of the molecule is CCc1c(-c2ccccc2)nc2ccccc2c1C(=O)NCc1ccco1. The van der Waals surface area contributed by atoms with Crippen molar-refractivity contribution < 1.29 is 9.21 Å². The van der Waals surface area contributed by atoms with Crippen LogP contribution in [-0.4, -0.2) is 10.9 Å². The van der Waals surface area contributed by atoms with Crippen molar-refractivity contribution in [3.05, 3.63) is 89.9 Å². The molecule has 0 aliphatic heterocycles. The number of nitrogens with zero attached hydrogens (tertiary/aromatic N) is 1. The highest BCUT2D eigenvalue weighted by atomic mass is 16.3. The van der Waals surface area contributed by atoms with Crippen LogP contribution < -0.4 is 5.32 Å². The van der Waals surface area contributed by atoms with Gasteiger partial charge < -0.3 is 9.73 Å². The van der Waals surface area contributed by atoms with Gasteiger partial charge in [0.25, 0.3) is 5.91 Å². The van der Waals surface area contributed by atoms with Crippen molar-refractivity contribution in [2.75, 3.05) is 0 Å². The van der Waals surface area contributed by atoms with Gasteiger partial charge in [-0.15, -0.1) is 0 Å². The first-order chi connectivity index (χ1) is 13.3. The third-order valence-electron chi connectivity index (χ3n) is 4.62. The van der Waals surface area contributed by atoms with Crippen molar-refractivity contribution in [3.63, 3.8) is 0 Å². The molecule has 0 radical (unpaired) electrons. The van der Waals surface area contributed by atoms with Gasteiger partial charge in [-0.25, -0.2) is 4.98 Å². The number of carbonyl (C=O) groups is 1. The predicted molar refractivity (Wildman–Crippen MR) is 106 cm³/mol. The van der Waals surface area contributed by atoms with E-state index in [1.165, 1.54) is 0 Å². The van der Waals surface area contributed by atoms with Gasteiger partial charge in [0.05, 0.1) is 29.6 Å². The van der Waals surface area contributed by atoms with Crippen LogP contribution in [0.15, 0.2) is 77.4 Å². The summed E-state index contributed by atoms with van der Waals surface area (Å²) < 4.78 is 5.33. The number of aromatic nitrogens is 1. The molecule has 1 amide bonds. The minimum atomic E-state index is -0.112. The molecule has 0 atom stereocenters. The Kier molecular flexibility index (Phi) is 4.71. The van der Waals surface area contributed by atoms with Crippen molar-refractivity contribution in [1.82, 2.24) is 10.3 Å². The average molecular weight is 356 g/mol. The van der Waals surface area contributed by atoms with Crippen LogP contribution in [0.2, 0.25) is 0 Å². The smallest absolute Gasteiger partial charge is 0.252 e. The molecule has 0 aliphatic carbocycles. The van der Waals surface area contributed by atoms with Gasteiger partial charge in [-0.3, -0.25) is 4.79 Å². The molecular weight excluding hydrogens is 336 g/mol. The molecule has 2 aromatic heterocycles. The Hall–Kier alpha value is -3.40. The first-order valence-electron chi connectivity index (χ1n) is 9.05. The number of benzene rings is 2. The van der Waals surface area contributed by atoms with Crippen LogP contribution >= 0.6 is 0 Å². The Bertz CT molecular complexity index is 1070. The third-order valence-corrected chi connectivity index (χ3v) is 4.62. The van der Waals surface area contributed by atoms with Crippen LogP contribution in [0.4, 0.5) is 0 Å². The van der Waals surface area contributed by atoms with Crippen LogP contribution in [0.1, 0.15) is 28.6 Å². The number of fused-ring (bicyclic) bond motifs is 1. The van der Waals surface area contributed by atoms with Crippen molar-refractivity contribution in [1.29, 1.82) is 0 Å². The van der Waals surface area contributed by atoms with E-state index in [0.717, 1.165) is 33.5 Å². The Morgan fingerprint density at radius 3 is 2.52 bits per heavy atom. The van der Waals surface area contributed by atoms with E-state index in [1.807, 2.05) is 66.7 Å². The number of hydrogen-bond acceptors (Lipinski definition) is 3. The van der Waals surface area contributed by atoms with Gasteiger partial charge in [-0.2, -0.15) is 0 Å². The van der Waals surface area contributed by atoms with Crippen LogP contribution in [0.3, 0.4) is 0 Å². The first kappa shape index (κ1) is 17.0. The van der Waals surface area contributed by atoms with E-state index in [4.69, 9.17) is 9.40 Å². The maximum absolute atomic E-state index is 13.1. The molecule has 2 aromatic carbocycles. The zero-order chi connectivity index (χ0) is 18.6. The summed E-state index contributed by atoms with van der Waals surface area (Å²) in [4.78, 5) is 18.0. The second-order valence-electron chi connectivity index (χ2n) is 6.31.